The van der Waals surface area contributed by atoms with Crippen molar-refractivity contribution in [3.05, 3.63) is 65.2 Å². The molecule has 0 heterocycles. The third-order valence-corrected chi connectivity index (χ3v) is 4.80. The van der Waals surface area contributed by atoms with E-state index in [1.165, 1.54) is 23.1 Å². The molecule has 0 fully saturated rings. The Morgan fingerprint density at radius 3 is 2.59 bits per heavy atom. The first-order valence-corrected chi connectivity index (χ1v) is 8.16. The molecule has 0 amide bonds. The minimum absolute atomic E-state index is 0.457. The molecule has 2 nitrogen and oxygen atoms in total. The van der Waals surface area contributed by atoms with Crippen molar-refractivity contribution in [3.63, 3.8) is 0 Å². The van der Waals surface area contributed by atoms with Crippen LogP contribution in [0.4, 0.5) is 0 Å². The molecule has 0 bridgehead atoms. The third kappa shape index (κ3) is 2.76. The maximum absolute atomic E-state index is 5.41. The van der Waals surface area contributed by atoms with Gasteiger partial charge in [0.05, 0.1) is 7.11 Å². The molecule has 2 aromatic carbocycles. The van der Waals surface area contributed by atoms with E-state index in [9.17, 15) is 0 Å². The second-order valence-corrected chi connectivity index (χ2v) is 6.21. The number of fused-ring (bicyclic) bond motifs is 1. The van der Waals surface area contributed by atoms with Gasteiger partial charge >= 0.3 is 0 Å². The van der Waals surface area contributed by atoms with Gasteiger partial charge in [-0.3, -0.25) is 0 Å². The molecule has 0 saturated carbocycles. The zero-order chi connectivity index (χ0) is 15.5. The van der Waals surface area contributed by atoms with Crippen molar-refractivity contribution < 1.29 is 4.74 Å². The molecule has 2 heteroatoms. The average Bonchev–Trinajstić information content (AvgIpc) is 2.94. The highest BCUT2D eigenvalue weighted by molar-refractivity contribution is 5.48. The number of likely N-dealkylation sites (N-methyl/N-ethyl adjacent to an activating group) is 1. The van der Waals surface area contributed by atoms with Gasteiger partial charge in [0, 0.05) is 12.0 Å². The number of nitrogens with zero attached hydrogens (tertiary/aromatic N) is 1. The second kappa shape index (κ2) is 6.53. The zero-order valence-electron chi connectivity index (χ0n) is 13.8. The van der Waals surface area contributed by atoms with Crippen LogP contribution in [-0.2, 0) is 6.42 Å². The summed E-state index contributed by atoms with van der Waals surface area (Å²) >= 11 is 0. The molecule has 0 N–H and O–H groups in total. The maximum atomic E-state index is 5.41. The fourth-order valence-electron chi connectivity index (χ4n) is 3.73. The van der Waals surface area contributed by atoms with Gasteiger partial charge in [-0.1, -0.05) is 43.3 Å². The smallest absolute Gasteiger partial charge is 0.119 e. The second-order valence-electron chi connectivity index (χ2n) is 6.21. The normalized spacial score (nSPS) is 20.2. The van der Waals surface area contributed by atoms with Crippen LogP contribution in [0.1, 0.15) is 36.0 Å². The SMILES string of the molecule is CCCN(C)[C@H]1Cc2cc(OC)ccc2[C@@H]1c1ccccc1. The highest BCUT2D eigenvalue weighted by atomic mass is 16.5. The van der Waals surface area contributed by atoms with E-state index in [-0.39, 0.29) is 0 Å². The number of hydrogen-bond acceptors (Lipinski definition) is 2. The topological polar surface area (TPSA) is 12.5 Å². The molecule has 0 unspecified atom stereocenters. The Kier molecular flexibility index (Phi) is 4.49. The Balaban J connectivity index is 2.01. The third-order valence-electron chi connectivity index (χ3n) is 4.80. The Hall–Kier alpha value is -1.80. The molecule has 0 aromatic heterocycles. The number of benzene rings is 2. The van der Waals surface area contributed by atoms with E-state index in [4.69, 9.17) is 4.74 Å². The fourth-order valence-corrected chi connectivity index (χ4v) is 3.73. The average molecular weight is 295 g/mol. The molecule has 0 radical (unpaired) electrons. The number of ether oxygens (including phenoxy) is 1. The van der Waals surface area contributed by atoms with Gasteiger partial charge in [-0.2, -0.15) is 0 Å². The Morgan fingerprint density at radius 2 is 1.91 bits per heavy atom. The summed E-state index contributed by atoms with van der Waals surface area (Å²) in [5.74, 6) is 1.42. The molecule has 116 valence electrons. The van der Waals surface area contributed by atoms with Gasteiger partial charge in [-0.15, -0.1) is 0 Å². The van der Waals surface area contributed by atoms with Crippen molar-refractivity contribution in [1.29, 1.82) is 0 Å². The van der Waals surface area contributed by atoms with Crippen molar-refractivity contribution in [2.45, 2.75) is 31.7 Å². The lowest BCUT2D eigenvalue weighted by Crippen LogP contribution is -2.36. The van der Waals surface area contributed by atoms with Crippen LogP contribution in [0.15, 0.2) is 48.5 Å². The van der Waals surface area contributed by atoms with Crippen LogP contribution in [0.2, 0.25) is 0 Å². The molecule has 22 heavy (non-hydrogen) atoms. The lowest BCUT2D eigenvalue weighted by molar-refractivity contribution is 0.233. The van der Waals surface area contributed by atoms with E-state index in [2.05, 4.69) is 67.4 Å². The van der Waals surface area contributed by atoms with Crippen molar-refractivity contribution in [2.24, 2.45) is 0 Å². The van der Waals surface area contributed by atoms with Crippen LogP contribution < -0.4 is 4.74 Å². The molecular formula is C20H25NO. The largest absolute Gasteiger partial charge is 0.497 e. The monoisotopic (exact) mass is 295 g/mol. The molecule has 3 rings (SSSR count). The zero-order valence-corrected chi connectivity index (χ0v) is 13.8. The van der Waals surface area contributed by atoms with E-state index >= 15 is 0 Å². The van der Waals surface area contributed by atoms with Crippen molar-refractivity contribution >= 4 is 0 Å². The molecule has 2 aromatic rings. The summed E-state index contributed by atoms with van der Waals surface area (Å²) in [6.07, 6.45) is 2.29. The summed E-state index contributed by atoms with van der Waals surface area (Å²) in [6.45, 7) is 3.39. The molecule has 0 saturated heterocycles. The first-order valence-electron chi connectivity index (χ1n) is 8.16. The van der Waals surface area contributed by atoms with E-state index in [1.54, 1.807) is 7.11 Å². The highest BCUT2D eigenvalue weighted by Crippen LogP contribution is 2.41. The lowest BCUT2D eigenvalue weighted by atomic mass is 9.89. The van der Waals surface area contributed by atoms with Crippen LogP contribution in [-0.4, -0.2) is 31.6 Å². The Bertz CT molecular complexity index is 623. The Morgan fingerprint density at radius 1 is 1.14 bits per heavy atom. The van der Waals surface area contributed by atoms with Gasteiger partial charge < -0.3 is 9.64 Å². The van der Waals surface area contributed by atoms with E-state index in [0.717, 1.165) is 18.7 Å². The van der Waals surface area contributed by atoms with Crippen molar-refractivity contribution in [3.8, 4) is 5.75 Å². The summed E-state index contributed by atoms with van der Waals surface area (Å²) in [6, 6.07) is 18.0. The maximum Gasteiger partial charge on any atom is 0.119 e. The Labute approximate surface area is 133 Å². The molecule has 2 atom stereocenters. The molecule has 1 aliphatic carbocycles. The van der Waals surface area contributed by atoms with Crippen LogP contribution in [0.5, 0.6) is 5.75 Å². The first-order chi connectivity index (χ1) is 10.7. The highest BCUT2D eigenvalue weighted by Gasteiger charge is 2.35. The predicted octanol–water partition coefficient (Wildman–Crippen LogP) is 4.09. The van der Waals surface area contributed by atoms with E-state index in [0.29, 0.717) is 12.0 Å². The minimum atomic E-state index is 0.457. The van der Waals surface area contributed by atoms with Gasteiger partial charge in [-0.25, -0.2) is 0 Å². The predicted molar refractivity (Wildman–Crippen MR) is 91.7 cm³/mol. The van der Waals surface area contributed by atoms with Gasteiger partial charge in [0.25, 0.3) is 0 Å². The molecule has 0 spiro atoms. The number of methoxy groups -OCH3 is 1. The van der Waals surface area contributed by atoms with Crippen LogP contribution in [0.25, 0.3) is 0 Å². The van der Waals surface area contributed by atoms with Crippen molar-refractivity contribution in [1.82, 2.24) is 4.90 Å². The van der Waals surface area contributed by atoms with E-state index in [1.807, 2.05) is 0 Å². The van der Waals surface area contributed by atoms with Gasteiger partial charge in [-0.05, 0) is 55.3 Å². The molecule has 0 aliphatic heterocycles. The fraction of sp³-hybridized carbons (Fsp3) is 0.400. The van der Waals surface area contributed by atoms with E-state index < -0.39 is 0 Å². The van der Waals surface area contributed by atoms with Gasteiger partial charge in [0.2, 0.25) is 0 Å². The minimum Gasteiger partial charge on any atom is -0.497 e. The standard InChI is InChI=1S/C20H25NO/c1-4-12-21(2)19-14-16-13-17(22-3)10-11-18(16)20(19)15-8-6-5-7-9-15/h5-11,13,19-20H,4,12,14H2,1-3H3/t19-,20-/m0/s1. The number of hydrogen-bond donors (Lipinski definition) is 0. The first kappa shape index (κ1) is 15.1. The summed E-state index contributed by atoms with van der Waals surface area (Å²) in [5.41, 5.74) is 4.31. The summed E-state index contributed by atoms with van der Waals surface area (Å²) in [7, 11) is 4.00. The van der Waals surface area contributed by atoms with Crippen molar-refractivity contribution in [2.75, 3.05) is 20.7 Å². The summed E-state index contributed by atoms with van der Waals surface area (Å²) in [4.78, 5) is 2.52. The van der Waals surface area contributed by atoms with Gasteiger partial charge in [0.15, 0.2) is 0 Å². The summed E-state index contributed by atoms with van der Waals surface area (Å²) in [5, 5.41) is 0. The van der Waals surface area contributed by atoms with Crippen LogP contribution in [0, 0.1) is 0 Å². The quantitative estimate of drug-likeness (QED) is 0.823. The van der Waals surface area contributed by atoms with Crippen LogP contribution >= 0.6 is 0 Å². The summed E-state index contributed by atoms with van der Waals surface area (Å²) < 4.78 is 5.41. The number of rotatable bonds is 5. The molecule has 1 aliphatic rings. The van der Waals surface area contributed by atoms with Gasteiger partial charge in [0.1, 0.15) is 5.75 Å². The lowest BCUT2D eigenvalue weighted by Gasteiger charge is -2.30. The molecular weight excluding hydrogens is 270 g/mol. The van der Waals surface area contributed by atoms with Crippen LogP contribution in [0.3, 0.4) is 0 Å².